The van der Waals surface area contributed by atoms with Crippen LogP contribution >= 0.6 is 0 Å². The van der Waals surface area contributed by atoms with Gasteiger partial charge in [0.25, 0.3) is 0 Å². The molecule has 1 atom stereocenters. The van der Waals surface area contributed by atoms with Crippen LogP contribution in [0.1, 0.15) is 5.56 Å². The van der Waals surface area contributed by atoms with E-state index in [9.17, 15) is 5.11 Å². The van der Waals surface area contributed by atoms with Gasteiger partial charge >= 0.3 is 0 Å². The van der Waals surface area contributed by atoms with Crippen LogP contribution in [-0.4, -0.2) is 24.9 Å². The van der Waals surface area contributed by atoms with Crippen LogP contribution in [0, 0.1) is 0 Å². The number of nitrogens with two attached hydrogens (primary N) is 1. The van der Waals surface area contributed by atoms with Crippen LogP contribution in [0.3, 0.4) is 0 Å². The minimum absolute atomic E-state index is 0.00759. The van der Waals surface area contributed by atoms with Crippen molar-refractivity contribution in [1.29, 1.82) is 0 Å². The molecule has 0 saturated carbocycles. The van der Waals surface area contributed by atoms with E-state index in [1.165, 1.54) is 0 Å². The molecule has 0 aliphatic carbocycles. The number of phenols is 1. The summed E-state index contributed by atoms with van der Waals surface area (Å²) in [5.74, 6) is 0.280. The quantitative estimate of drug-likeness (QED) is 0.725. The second kappa shape index (κ2) is 4.84. The van der Waals surface area contributed by atoms with Gasteiger partial charge in [-0.25, -0.2) is 0 Å². The van der Waals surface area contributed by atoms with E-state index in [0.717, 1.165) is 12.0 Å². The van der Waals surface area contributed by atoms with Gasteiger partial charge in [-0.15, -0.1) is 0 Å². The molecule has 3 N–H and O–H groups in total. The summed E-state index contributed by atoms with van der Waals surface area (Å²) in [5.41, 5.74) is 6.79. The van der Waals surface area contributed by atoms with Crippen molar-refractivity contribution in [2.75, 3.05) is 13.7 Å². The molecule has 1 aromatic carbocycles. The summed E-state index contributed by atoms with van der Waals surface area (Å²) in [4.78, 5) is 0. The zero-order valence-corrected chi connectivity index (χ0v) is 7.73. The maximum absolute atomic E-state index is 9.18. The highest BCUT2D eigenvalue weighted by atomic mass is 16.5. The Morgan fingerprint density at radius 3 is 2.92 bits per heavy atom. The average molecular weight is 181 g/mol. The van der Waals surface area contributed by atoms with Gasteiger partial charge in [-0.05, 0) is 24.1 Å². The van der Waals surface area contributed by atoms with E-state index in [0.29, 0.717) is 6.61 Å². The molecular formula is C10H15NO2. The van der Waals surface area contributed by atoms with Gasteiger partial charge in [0, 0.05) is 13.2 Å². The lowest BCUT2D eigenvalue weighted by Crippen LogP contribution is -2.27. The van der Waals surface area contributed by atoms with Gasteiger partial charge in [-0.3, -0.25) is 0 Å². The Hall–Kier alpha value is -1.06. The summed E-state index contributed by atoms with van der Waals surface area (Å²) >= 11 is 0. The second-order valence-corrected chi connectivity index (χ2v) is 3.09. The normalized spacial score (nSPS) is 12.8. The molecule has 72 valence electrons. The molecule has 0 bridgehead atoms. The minimum atomic E-state index is -0.00759. The molecule has 0 fully saturated rings. The van der Waals surface area contributed by atoms with E-state index in [4.69, 9.17) is 10.5 Å². The Kier molecular flexibility index (Phi) is 3.73. The van der Waals surface area contributed by atoms with E-state index in [1.54, 1.807) is 19.2 Å². The van der Waals surface area contributed by atoms with Crippen LogP contribution in [0.15, 0.2) is 24.3 Å². The van der Waals surface area contributed by atoms with Gasteiger partial charge < -0.3 is 15.6 Å². The third-order valence-electron chi connectivity index (χ3n) is 1.79. The zero-order valence-electron chi connectivity index (χ0n) is 7.73. The van der Waals surface area contributed by atoms with E-state index in [-0.39, 0.29) is 11.8 Å². The highest BCUT2D eigenvalue weighted by Crippen LogP contribution is 2.11. The summed E-state index contributed by atoms with van der Waals surface area (Å²) in [7, 11) is 1.63. The Bertz CT molecular complexity index is 263. The maximum atomic E-state index is 9.18. The first kappa shape index (κ1) is 10.0. The first-order chi connectivity index (χ1) is 6.22. The monoisotopic (exact) mass is 181 g/mol. The fourth-order valence-electron chi connectivity index (χ4n) is 1.26. The Balaban J connectivity index is 2.53. The van der Waals surface area contributed by atoms with E-state index in [2.05, 4.69) is 0 Å². The van der Waals surface area contributed by atoms with Gasteiger partial charge in [0.2, 0.25) is 0 Å². The van der Waals surface area contributed by atoms with E-state index >= 15 is 0 Å². The third-order valence-corrected chi connectivity index (χ3v) is 1.79. The lowest BCUT2D eigenvalue weighted by Gasteiger charge is -2.09. The van der Waals surface area contributed by atoms with Crippen molar-refractivity contribution < 1.29 is 9.84 Å². The molecule has 1 rings (SSSR count). The molecule has 0 radical (unpaired) electrons. The number of methoxy groups -OCH3 is 1. The highest BCUT2D eigenvalue weighted by Gasteiger charge is 2.03. The average Bonchev–Trinajstić information content (AvgIpc) is 2.04. The summed E-state index contributed by atoms with van der Waals surface area (Å²) in [5, 5.41) is 9.18. The molecular weight excluding hydrogens is 166 g/mol. The number of hydrogen-bond donors (Lipinski definition) is 2. The van der Waals surface area contributed by atoms with Gasteiger partial charge in [-0.2, -0.15) is 0 Å². The zero-order chi connectivity index (χ0) is 9.68. The number of ether oxygens (including phenoxy) is 1. The van der Waals surface area contributed by atoms with E-state index < -0.39 is 0 Å². The Labute approximate surface area is 78.1 Å². The van der Waals surface area contributed by atoms with Crippen molar-refractivity contribution in [2.24, 2.45) is 5.73 Å². The number of rotatable bonds is 4. The first-order valence-electron chi connectivity index (χ1n) is 4.25. The largest absolute Gasteiger partial charge is 0.508 e. The van der Waals surface area contributed by atoms with Gasteiger partial charge in [-0.1, -0.05) is 12.1 Å². The van der Waals surface area contributed by atoms with Crippen LogP contribution in [0.5, 0.6) is 5.75 Å². The van der Waals surface area contributed by atoms with Crippen LogP contribution in [-0.2, 0) is 11.2 Å². The van der Waals surface area contributed by atoms with E-state index in [1.807, 2.05) is 12.1 Å². The summed E-state index contributed by atoms with van der Waals surface area (Å²) in [6, 6.07) is 7.10. The first-order valence-corrected chi connectivity index (χ1v) is 4.25. The maximum Gasteiger partial charge on any atom is 0.115 e. The topological polar surface area (TPSA) is 55.5 Å². The van der Waals surface area contributed by atoms with Crippen molar-refractivity contribution in [2.45, 2.75) is 12.5 Å². The number of hydrogen-bond acceptors (Lipinski definition) is 3. The molecule has 0 unspecified atom stereocenters. The number of aromatic hydroxyl groups is 1. The molecule has 13 heavy (non-hydrogen) atoms. The fourth-order valence-corrected chi connectivity index (χ4v) is 1.26. The SMILES string of the molecule is COC[C@@H](N)Cc1cccc(O)c1. The highest BCUT2D eigenvalue weighted by molar-refractivity contribution is 5.27. The number of benzene rings is 1. The molecule has 0 aliphatic rings. The van der Waals surface area contributed by atoms with Crippen LogP contribution in [0.25, 0.3) is 0 Å². The summed E-state index contributed by atoms with van der Waals surface area (Å²) < 4.78 is 4.92. The molecule has 0 amide bonds. The predicted molar refractivity (Wildman–Crippen MR) is 51.7 cm³/mol. The second-order valence-electron chi connectivity index (χ2n) is 3.09. The van der Waals surface area contributed by atoms with Crippen molar-refractivity contribution in [3.05, 3.63) is 29.8 Å². The van der Waals surface area contributed by atoms with Crippen molar-refractivity contribution in [3.63, 3.8) is 0 Å². The Morgan fingerprint density at radius 2 is 2.31 bits per heavy atom. The number of phenolic OH excluding ortho intramolecular Hbond substituents is 1. The van der Waals surface area contributed by atoms with Gasteiger partial charge in [0.1, 0.15) is 5.75 Å². The third kappa shape index (κ3) is 3.44. The summed E-state index contributed by atoms with van der Waals surface area (Å²) in [6.07, 6.45) is 0.724. The fraction of sp³-hybridized carbons (Fsp3) is 0.400. The molecule has 3 nitrogen and oxygen atoms in total. The minimum Gasteiger partial charge on any atom is -0.508 e. The molecule has 0 saturated heterocycles. The van der Waals surface area contributed by atoms with Crippen molar-refractivity contribution in [3.8, 4) is 5.75 Å². The standard InChI is InChI=1S/C10H15NO2/c1-13-7-9(11)5-8-3-2-4-10(12)6-8/h2-4,6,9,12H,5,7,11H2,1H3/t9-/m0/s1. The smallest absolute Gasteiger partial charge is 0.115 e. The lowest BCUT2D eigenvalue weighted by molar-refractivity contribution is 0.180. The molecule has 3 heteroatoms. The molecule has 1 aromatic rings. The lowest BCUT2D eigenvalue weighted by atomic mass is 10.1. The molecule has 0 heterocycles. The van der Waals surface area contributed by atoms with Crippen LogP contribution < -0.4 is 5.73 Å². The van der Waals surface area contributed by atoms with Crippen LogP contribution in [0.4, 0.5) is 0 Å². The molecule has 0 aromatic heterocycles. The van der Waals surface area contributed by atoms with Gasteiger partial charge in [0.05, 0.1) is 6.61 Å². The van der Waals surface area contributed by atoms with Crippen molar-refractivity contribution >= 4 is 0 Å². The molecule has 0 aliphatic heterocycles. The van der Waals surface area contributed by atoms with Crippen LogP contribution in [0.2, 0.25) is 0 Å². The summed E-state index contributed by atoms with van der Waals surface area (Å²) in [6.45, 7) is 0.537. The Morgan fingerprint density at radius 1 is 1.54 bits per heavy atom. The predicted octanol–water partition coefficient (Wildman–Crippen LogP) is 0.908. The van der Waals surface area contributed by atoms with Crippen molar-refractivity contribution in [1.82, 2.24) is 0 Å². The van der Waals surface area contributed by atoms with Gasteiger partial charge in [0.15, 0.2) is 0 Å². The molecule has 0 spiro atoms.